The fourth-order valence-corrected chi connectivity index (χ4v) is 3.87. The molecule has 7 heteroatoms. The van der Waals surface area contributed by atoms with Gasteiger partial charge in [-0.05, 0) is 60.7 Å². The SMILES string of the molecule is Oc1c(N(Cc2ccccn2)c2ccccn2)cccc1N(Cc1ccccn1)c1ccccn1. The van der Waals surface area contributed by atoms with Crippen molar-refractivity contribution in [2.24, 2.45) is 0 Å². The number of pyridine rings is 4. The third kappa shape index (κ3) is 5.09. The number of hydrogen-bond donors (Lipinski definition) is 1. The summed E-state index contributed by atoms with van der Waals surface area (Å²) in [5.74, 6) is 1.54. The summed E-state index contributed by atoms with van der Waals surface area (Å²) in [6.07, 6.45) is 7.00. The first-order chi connectivity index (χ1) is 17.3. The Labute approximate surface area is 204 Å². The Morgan fingerprint density at radius 1 is 0.486 bits per heavy atom. The Kier molecular flexibility index (Phi) is 6.57. The van der Waals surface area contributed by atoms with E-state index in [1.165, 1.54) is 0 Å². The van der Waals surface area contributed by atoms with Gasteiger partial charge in [0, 0.05) is 24.8 Å². The lowest BCUT2D eigenvalue weighted by molar-refractivity contribution is 0.475. The van der Waals surface area contributed by atoms with Crippen LogP contribution < -0.4 is 9.80 Å². The minimum Gasteiger partial charge on any atom is -0.504 e. The number of phenolic OH excluding ortho intramolecular Hbond substituents is 1. The van der Waals surface area contributed by atoms with E-state index in [4.69, 9.17) is 0 Å². The van der Waals surface area contributed by atoms with Crippen LogP contribution in [0, 0.1) is 0 Å². The van der Waals surface area contributed by atoms with Gasteiger partial charge in [-0.25, -0.2) is 9.97 Å². The van der Waals surface area contributed by atoms with Crippen molar-refractivity contribution >= 4 is 23.0 Å². The van der Waals surface area contributed by atoms with Gasteiger partial charge >= 0.3 is 0 Å². The lowest BCUT2D eigenvalue weighted by atomic mass is 10.1. The van der Waals surface area contributed by atoms with Crippen LogP contribution in [0.2, 0.25) is 0 Å². The molecule has 0 spiro atoms. The van der Waals surface area contributed by atoms with Gasteiger partial charge in [0.15, 0.2) is 5.75 Å². The van der Waals surface area contributed by atoms with Gasteiger partial charge in [-0.15, -0.1) is 0 Å². The van der Waals surface area contributed by atoms with Crippen molar-refractivity contribution in [3.8, 4) is 5.75 Å². The van der Waals surface area contributed by atoms with E-state index in [-0.39, 0.29) is 5.75 Å². The molecule has 172 valence electrons. The van der Waals surface area contributed by atoms with Gasteiger partial charge in [0.25, 0.3) is 0 Å². The summed E-state index contributed by atoms with van der Waals surface area (Å²) in [5, 5.41) is 11.6. The average molecular weight is 461 g/mol. The highest BCUT2D eigenvalue weighted by atomic mass is 16.3. The molecule has 0 aliphatic heterocycles. The summed E-state index contributed by atoms with van der Waals surface area (Å²) in [6, 6.07) is 28.7. The summed E-state index contributed by atoms with van der Waals surface area (Å²) in [4.78, 5) is 22.0. The first-order valence-corrected chi connectivity index (χ1v) is 11.3. The number of anilines is 4. The number of aromatic nitrogens is 4. The van der Waals surface area contributed by atoms with Crippen molar-refractivity contribution in [2.45, 2.75) is 13.1 Å². The van der Waals surface area contributed by atoms with Gasteiger partial charge in [-0.2, -0.15) is 0 Å². The zero-order chi connectivity index (χ0) is 23.9. The van der Waals surface area contributed by atoms with Crippen molar-refractivity contribution < 1.29 is 5.11 Å². The van der Waals surface area contributed by atoms with Gasteiger partial charge in [0.2, 0.25) is 0 Å². The lowest BCUT2D eigenvalue weighted by Crippen LogP contribution is -2.21. The quantitative estimate of drug-likeness (QED) is 0.321. The molecule has 4 aromatic heterocycles. The molecule has 0 aliphatic rings. The van der Waals surface area contributed by atoms with Crippen molar-refractivity contribution in [1.82, 2.24) is 19.9 Å². The molecule has 0 amide bonds. The topological polar surface area (TPSA) is 78.3 Å². The summed E-state index contributed by atoms with van der Waals surface area (Å²) in [6.45, 7) is 0.886. The number of phenols is 1. The summed E-state index contributed by atoms with van der Waals surface area (Å²) in [5.41, 5.74) is 2.96. The van der Waals surface area contributed by atoms with E-state index in [0.717, 1.165) is 11.4 Å². The third-order valence-corrected chi connectivity index (χ3v) is 5.52. The number of para-hydroxylation sites is 1. The van der Waals surface area contributed by atoms with E-state index in [9.17, 15) is 5.11 Å². The van der Waals surface area contributed by atoms with Crippen molar-refractivity contribution in [1.29, 1.82) is 0 Å². The maximum atomic E-state index is 11.6. The van der Waals surface area contributed by atoms with Crippen molar-refractivity contribution in [3.05, 3.63) is 127 Å². The van der Waals surface area contributed by atoms with Crippen LogP contribution in [0.4, 0.5) is 23.0 Å². The van der Waals surface area contributed by atoms with Crippen LogP contribution in [0.15, 0.2) is 116 Å². The zero-order valence-electron chi connectivity index (χ0n) is 19.0. The second-order valence-electron chi connectivity index (χ2n) is 7.84. The Morgan fingerprint density at radius 2 is 0.914 bits per heavy atom. The molecule has 0 unspecified atom stereocenters. The molecule has 0 bridgehead atoms. The minimum absolute atomic E-state index is 0.121. The van der Waals surface area contributed by atoms with Crippen LogP contribution in [0.3, 0.4) is 0 Å². The lowest BCUT2D eigenvalue weighted by Gasteiger charge is -2.29. The van der Waals surface area contributed by atoms with E-state index in [1.807, 2.05) is 101 Å². The summed E-state index contributed by atoms with van der Waals surface area (Å²) >= 11 is 0. The number of nitrogens with zero attached hydrogens (tertiary/aromatic N) is 6. The Hall–Kier alpha value is -4.78. The molecular weight excluding hydrogens is 436 g/mol. The Balaban J connectivity index is 1.60. The molecule has 0 aliphatic carbocycles. The number of rotatable bonds is 8. The van der Waals surface area contributed by atoms with Gasteiger partial charge in [0.1, 0.15) is 11.6 Å². The summed E-state index contributed by atoms with van der Waals surface area (Å²) in [7, 11) is 0. The molecule has 0 radical (unpaired) electrons. The fourth-order valence-electron chi connectivity index (χ4n) is 3.87. The van der Waals surface area contributed by atoms with Crippen LogP contribution in [0.5, 0.6) is 5.75 Å². The second-order valence-corrected chi connectivity index (χ2v) is 7.84. The number of aromatic hydroxyl groups is 1. The van der Waals surface area contributed by atoms with E-state index in [0.29, 0.717) is 36.1 Å². The molecule has 1 aromatic carbocycles. The standard InChI is InChI=1S/C28H24N6O/c35-28-24(33(26-14-3-7-18-31-26)20-22-10-1-5-16-29-22)12-9-13-25(28)34(27-15-4-8-19-32-27)21-23-11-2-6-17-30-23/h1-19,35H,20-21H2. The van der Waals surface area contributed by atoms with Crippen molar-refractivity contribution in [3.63, 3.8) is 0 Å². The number of hydrogen-bond acceptors (Lipinski definition) is 7. The largest absolute Gasteiger partial charge is 0.504 e. The fraction of sp³-hybridized carbons (Fsp3) is 0.0714. The average Bonchev–Trinajstić information content (AvgIpc) is 2.93. The highest BCUT2D eigenvalue weighted by Crippen LogP contribution is 2.42. The first kappa shape index (κ1) is 22.0. The zero-order valence-corrected chi connectivity index (χ0v) is 19.0. The van der Waals surface area contributed by atoms with Gasteiger partial charge in [-0.3, -0.25) is 9.97 Å². The number of benzene rings is 1. The first-order valence-electron chi connectivity index (χ1n) is 11.3. The highest BCUT2D eigenvalue weighted by molar-refractivity contribution is 5.79. The predicted octanol–water partition coefficient (Wildman–Crippen LogP) is 5.65. The van der Waals surface area contributed by atoms with Gasteiger partial charge < -0.3 is 14.9 Å². The normalized spacial score (nSPS) is 10.6. The van der Waals surface area contributed by atoms with E-state index >= 15 is 0 Å². The maximum absolute atomic E-state index is 11.6. The third-order valence-electron chi connectivity index (χ3n) is 5.52. The Morgan fingerprint density at radius 3 is 1.29 bits per heavy atom. The maximum Gasteiger partial charge on any atom is 0.163 e. The highest BCUT2D eigenvalue weighted by Gasteiger charge is 2.22. The van der Waals surface area contributed by atoms with Crippen LogP contribution in [-0.4, -0.2) is 25.0 Å². The van der Waals surface area contributed by atoms with E-state index < -0.39 is 0 Å². The molecule has 0 saturated carbocycles. The molecule has 7 nitrogen and oxygen atoms in total. The molecule has 0 fully saturated rings. The molecular formula is C28H24N6O. The molecule has 0 atom stereocenters. The summed E-state index contributed by atoms with van der Waals surface area (Å²) < 4.78 is 0. The smallest absolute Gasteiger partial charge is 0.163 e. The van der Waals surface area contributed by atoms with Crippen molar-refractivity contribution in [2.75, 3.05) is 9.80 Å². The molecule has 5 rings (SSSR count). The van der Waals surface area contributed by atoms with Crippen LogP contribution in [0.25, 0.3) is 0 Å². The van der Waals surface area contributed by atoms with E-state index in [1.54, 1.807) is 24.8 Å². The second kappa shape index (κ2) is 10.4. The van der Waals surface area contributed by atoms with Crippen LogP contribution >= 0.6 is 0 Å². The van der Waals surface area contributed by atoms with Crippen LogP contribution in [-0.2, 0) is 13.1 Å². The van der Waals surface area contributed by atoms with E-state index in [2.05, 4.69) is 19.9 Å². The van der Waals surface area contributed by atoms with Gasteiger partial charge in [-0.1, -0.05) is 30.3 Å². The molecule has 0 saturated heterocycles. The molecule has 35 heavy (non-hydrogen) atoms. The molecule has 4 heterocycles. The van der Waals surface area contributed by atoms with Crippen LogP contribution in [0.1, 0.15) is 11.4 Å². The monoisotopic (exact) mass is 460 g/mol. The molecule has 5 aromatic rings. The van der Waals surface area contributed by atoms with Gasteiger partial charge in [0.05, 0.1) is 35.9 Å². The predicted molar refractivity (Wildman–Crippen MR) is 137 cm³/mol. The molecule has 1 N–H and O–H groups in total. The Bertz CT molecular complexity index is 1250. The minimum atomic E-state index is 0.121.